The molecule has 0 aromatic rings. The summed E-state index contributed by atoms with van der Waals surface area (Å²) in [6, 6.07) is 0. The standard InChI is InChI=1S/C32H56O10/c1-18-15-37-30(5,6)40-27(18)29-21(4)25(39-32(9,10)42-29)14-24-20(3)28(41-31(7,8)38-24)19(2)23-13-26(36-17-35-23)22-11-12-33-16-34-22/h18-29H,11-17H2,1-10H3/t18-,19-,20-,21-,22+,23+,24-,25+,26-,27-,28+,29+/m0/s1. The highest BCUT2D eigenvalue weighted by molar-refractivity contribution is 4.96. The molecule has 5 saturated heterocycles. The van der Waals surface area contributed by atoms with Crippen LogP contribution in [0.4, 0.5) is 0 Å². The van der Waals surface area contributed by atoms with E-state index in [-0.39, 0.29) is 79.3 Å². The van der Waals surface area contributed by atoms with Crippen molar-refractivity contribution in [1.29, 1.82) is 0 Å². The monoisotopic (exact) mass is 600 g/mol. The summed E-state index contributed by atoms with van der Waals surface area (Å²) in [4.78, 5) is 0. The molecule has 5 rings (SSSR count). The molecule has 0 aromatic heterocycles. The van der Waals surface area contributed by atoms with E-state index in [0.717, 1.165) is 19.3 Å². The van der Waals surface area contributed by atoms with E-state index in [0.29, 0.717) is 20.0 Å². The van der Waals surface area contributed by atoms with Crippen LogP contribution in [0.1, 0.15) is 88.5 Å². The van der Waals surface area contributed by atoms with Gasteiger partial charge in [-0.2, -0.15) is 0 Å². The second kappa shape index (κ2) is 12.8. The van der Waals surface area contributed by atoms with Crippen molar-refractivity contribution in [3.05, 3.63) is 0 Å². The quantitative estimate of drug-likeness (QED) is 0.414. The van der Waals surface area contributed by atoms with Gasteiger partial charge in [0.25, 0.3) is 0 Å². The largest absolute Gasteiger partial charge is 0.355 e. The fourth-order valence-electron chi connectivity index (χ4n) is 7.48. The Morgan fingerprint density at radius 1 is 0.690 bits per heavy atom. The van der Waals surface area contributed by atoms with E-state index in [9.17, 15) is 0 Å². The molecule has 0 aliphatic carbocycles. The third kappa shape index (κ3) is 7.52. The average molecular weight is 601 g/mol. The van der Waals surface area contributed by atoms with Crippen molar-refractivity contribution in [2.75, 3.05) is 26.8 Å². The summed E-state index contributed by atoms with van der Waals surface area (Å²) in [7, 11) is 0. The lowest BCUT2D eigenvalue weighted by Gasteiger charge is -2.53. The molecule has 5 heterocycles. The maximum absolute atomic E-state index is 6.63. The van der Waals surface area contributed by atoms with Crippen molar-refractivity contribution in [2.45, 2.75) is 155 Å². The summed E-state index contributed by atoms with van der Waals surface area (Å²) in [5.74, 6) is -1.58. The maximum Gasteiger partial charge on any atom is 0.163 e. The molecular weight excluding hydrogens is 544 g/mol. The summed E-state index contributed by atoms with van der Waals surface area (Å²) in [6.45, 7) is 22.7. The summed E-state index contributed by atoms with van der Waals surface area (Å²) < 4.78 is 62.2. The minimum absolute atomic E-state index is 0.00530. The highest BCUT2D eigenvalue weighted by Gasteiger charge is 2.52. The van der Waals surface area contributed by atoms with Gasteiger partial charge in [0, 0.05) is 36.5 Å². The molecule has 10 nitrogen and oxygen atoms in total. The topological polar surface area (TPSA) is 92.3 Å². The van der Waals surface area contributed by atoms with Crippen molar-refractivity contribution >= 4 is 0 Å². The molecule has 0 amide bonds. The SMILES string of the molecule is C[C@@H]1[C@@H]([C@@H](C)[C@H]2C[C@@H]([C@H]3CCOCO3)OCO2)OC(C)(C)O[C@H]1C[C@H]1OC(C)(C)O[C@@H]([C@H]2OC(C)(C)OC[C@@H]2C)[C@H]1C. The third-order valence-corrected chi connectivity index (χ3v) is 9.84. The normalized spacial score (nSPS) is 46.6. The number of rotatable bonds is 6. The van der Waals surface area contributed by atoms with E-state index in [1.54, 1.807) is 0 Å². The first-order chi connectivity index (χ1) is 19.6. The van der Waals surface area contributed by atoms with E-state index in [2.05, 4.69) is 27.7 Å². The van der Waals surface area contributed by atoms with Crippen LogP contribution in [-0.4, -0.2) is 93.0 Å². The van der Waals surface area contributed by atoms with Gasteiger partial charge < -0.3 is 47.4 Å². The van der Waals surface area contributed by atoms with Crippen LogP contribution in [0.5, 0.6) is 0 Å². The molecule has 5 fully saturated rings. The number of hydrogen-bond donors (Lipinski definition) is 0. The van der Waals surface area contributed by atoms with E-state index in [1.807, 2.05) is 41.5 Å². The van der Waals surface area contributed by atoms with Gasteiger partial charge in [-0.3, -0.25) is 0 Å². The minimum Gasteiger partial charge on any atom is -0.355 e. The van der Waals surface area contributed by atoms with Crippen molar-refractivity contribution in [3.8, 4) is 0 Å². The predicted molar refractivity (Wildman–Crippen MR) is 153 cm³/mol. The van der Waals surface area contributed by atoms with Crippen LogP contribution in [0, 0.1) is 23.7 Å². The Labute approximate surface area is 252 Å². The smallest absolute Gasteiger partial charge is 0.163 e. The lowest BCUT2D eigenvalue weighted by molar-refractivity contribution is -0.380. The molecule has 0 spiro atoms. The van der Waals surface area contributed by atoms with Crippen molar-refractivity contribution in [3.63, 3.8) is 0 Å². The molecule has 5 aliphatic heterocycles. The Bertz CT molecular complexity index is 889. The van der Waals surface area contributed by atoms with Gasteiger partial charge in [-0.05, 0) is 48.0 Å². The predicted octanol–water partition coefficient (Wildman–Crippen LogP) is 5.01. The Kier molecular flexibility index (Phi) is 10.0. The first kappa shape index (κ1) is 33.0. The van der Waals surface area contributed by atoms with Crippen LogP contribution in [-0.2, 0) is 47.4 Å². The van der Waals surface area contributed by atoms with E-state index < -0.39 is 17.4 Å². The van der Waals surface area contributed by atoms with Gasteiger partial charge in [-0.25, -0.2) is 0 Å². The van der Waals surface area contributed by atoms with Gasteiger partial charge in [0.1, 0.15) is 13.6 Å². The van der Waals surface area contributed by atoms with Crippen molar-refractivity contribution in [1.82, 2.24) is 0 Å². The molecule has 5 aliphatic rings. The Morgan fingerprint density at radius 2 is 1.33 bits per heavy atom. The van der Waals surface area contributed by atoms with Gasteiger partial charge in [0.2, 0.25) is 0 Å². The lowest BCUT2D eigenvalue weighted by atomic mass is 9.78. The molecule has 42 heavy (non-hydrogen) atoms. The Morgan fingerprint density at radius 3 is 2.02 bits per heavy atom. The third-order valence-electron chi connectivity index (χ3n) is 9.84. The van der Waals surface area contributed by atoms with E-state index in [1.165, 1.54) is 0 Å². The van der Waals surface area contributed by atoms with Gasteiger partial charge >= 0.3 is 0 Å². The molecular formula is C32H56O10. The first-order valence-electron chi connectivity index (χ1n) is 16.1. The van der Waals surface area contributed by atoms with Crippen LogP contribution in [0.2, 0.25) is 0 Å². The van der Waals surface area contributed by atoms with Crippen molar-refractivity contribution in [2.24, 2.45) is 23.7 Å². The summed E-state index contributed by atoms with van der Waals surface area (Å²) in [5, 5.41) is 0. The van der Waals surface area contributed by atoms with Crippen LogP contribution >= 0.6 is 0 Å². The second-order valence-corrected chi connectivity index (χ2v) is 14.6. The van der Waals surface area contributed by atoms with Crippen molar-refractivity contribution < 1.29 is 47.4 Å². The first-order valence-corrected chi connectivity index (χ1v) is 16.1. The van der Waals surface area contributed by atoms with Crippen LogP contribution < -0.4 is 0 Å². The molecule has 244 valence electrons. The summed E-state index contributed by atoms with van der Waals surface area (Å²) >= 11 is 0. The zero-order chi connectivity index (χ0) is 30.4. The van der Waals surface area contributed by atoms with Crippen LogP contribution in [0.3, 0.4) is 0 Å². The second-order valence-electron chi connectivity index (χ2n) is 14.6. The lowest BCUT2D eigenvalue weighted by Crippen LogP contribution is -2.61. The fraction of sp³-hybridized carbons (Fsp3) is 1.00. The zero-order valence-corrected chi connectivity index (χ0v) is 27.5. The molecule has 0 aromatic carbocycles. The summed E-state index contributed by atoms with van der Waals surface area (Å²) in [5.41, 5.74) is 0. The highest BCUT2D eigenvalue weighted by atomic mass is 16.8. The molecule has 0 radical (unpaired) electrons. The molecule has 12 atom stereocenters. The minimum atomic E-state index is -0.749. The Hall–Kier alpha value is -0.400. The average Bonchev–Trinajstić information content (AvgIpc) is 2.93. The fourth-order valence-corrected chi connectivity index (χ4v) is 7.48. The molecule has 0 bridgehead atoms. The molecule has 10 heteroatoms. The van der Waals surface area contributed by atoms with Crippen LogP contribution in [0.15, 0.2) is 0 Å². The highest BCUT2D eigenvalue weighted by Crippen LogP contribution is 2.44. The molecule has 0 saturated carbocycles. The van der Waals surface area contributed by atoms with Gasteiger partial charge in [-0.1, -0.05) is 27.7 Å². The van der Waals surface area contributed by atoms with Gasteiger partial charge in [0.15, 0.2) is 17.4 Å². The maximum atomic E-state index is 6.63. The molecule has 0 unspecified atom stereocenters. The number of hydrogen-bond acceptors (Lipinski definition) is 10. The van der Waals surface area contributed by atoms with E-state index in [4.69, 9.17) is 47.4 Å². The van der Waals surface area contributed by atoms with Gasteiger partial charge in [0.05, 0.1) is 62.0 Å². The molecule has 0 N–H and O–H groups in total. The Balaban J connectivity index is 1.29. The number of ether oxygens (including phenoxy) is 10. The summed E-state index contributed by atoms with van der Waals surface area (Å²) in [6.07, 6.45) is 1.92. The van der Waals surface area contributed by atoms with Crippen LogP contribution in [0.25, 0.3) is 0 Å². The van der Waals surface area contributed by atoms with Gasteiger partial charge in [-0.15, -0.1) is 0 Å². The van der Waals surface area contributed by atoms with E-state index >= 15 is 0 Å². The zero-order valence-electron chi connectivity index (χ0n) is 27.5.